The van der Waals surface area contributed by atoms with E-state index in [9.17, 15) is 4.79 Å². The second-order valence-corrected chi connectivity index (χ2v) is 4.82. The van der Waals surface area contributed by atoms with Crippen molar-refractivity contribution in [2.45, 2.75) is 26.3 Å². The quantitative estimate of drug-likeness (QED) is 0.602. The number of nitrogens with zero attached hydrogens (tertiary/aromatic N) is 1. The fourth-order valence-corrected chi connectivity index (χ4v) is 1.47. The zero-order valence-electron chi connectivity index (χ0n) is 11.5. The number of likely N-dealkylation sites (N-methyl/N-ethyl adjacent to an activating group) is 1. The average molecular weight is 245 g/mol. The lowest BCUT2D eigenvalue weighted by Crippen LogP contribution is -2.44. The number of rotatable bonds is 9. The van der Waals surface area contributed by atoms with Gasteiger partial charge < -0.3 is 20.7 Å². The number of ether oxygens (including phenoxy) is 1. The number of carbonyl (C=O) groups is 1. The first-order valence-corrected chi connectivity index (χ1v) is 6.18. The first-order valence-electron chi connectivity index (χ1n) is 6.18. The summed E-state index contributed by atoms with van der Waals surface area (Å²) in [6.45, 7) is 7.13. The Kier molecular flexibility index (Phi) is 9.03. The summed E-state index contributed by atoms with van der Waals surface area (Å²) in [5.41, 5.74) is 5.77. The minimum atomic E-state index is -0.390. The van der Waals surface area contributed by atoms with E-state index in [-0.39, 0.29) is 11.9 Å². The van der Waals surface area contributed by atoms with E-state index in [1.807, 2.05) is 7.05 Å². The van der Waals surface area contributed by atoms with Crippen molar-refractivity contribution in [1.82, 2.24) is 10.2 Å². The molecule has 102 valence electrons. The molecule has 3 N–H and O–H groups in total. The highest BCUT2D eigenvalue weighted by Crippen LogP contribution is 2.02. The van der Waals surface area contributed by atoms with Gasteiger partial charge in [0.15, 0.2) is 0 Å². The van der Waals surface area contributed by atoms with Crippen molar-refractivity contribution >= 4 is 5.91 Å². The molecule has 0 spiro atoms. The standard InChI is InChI=1S/C12H27N3O2/c1-10(2)9-11(13)12(16)14-5-6-15(3)7-8-17-4/h10-11H,5-9,13H2,1-4H3,(H,14,16)/t11-/m0/s1. The van der Waals surface area contributed by atoms with Crippen LogP contribution in [0.3, 0.4) is 0 Å². The van der Waals surface area contributed by atoms with Gasteiger partial charge in [-0.3, -0.25) is 4.79 Å². The summed E-state index contributed by atoms with van der Waals surface area (Å²) in [4.78, 5) is 13.7. The first-order chi connectivity index (χ1) is 7.97. The van der Waals surface area contributed by atoms with E-state index < -0.39 is 0 Å². The highest BCUT2D eigenvalue weighted by Gasteiger charge is 2.14. The number of nitrogens with two attached hydrogens (primary N) is 1. The molecule has 17 heavy (non-hydrogen) atoms. The molecular weight excluding hydrogens is 218 g/mol. The van der Waals surface area contributed by atoms with Crippen molar-refractivity contribution < 1.29 is 9.53 Å². The number of amides is 1. The Morgan fingerprint density at radius 1 is 1.41 bits per heavy atom. The van der Waals surface area contributed by atoms with E-state index in [0.717, 1.165) is 19.5 Å². The zero-order chi connectivity index (χ0) is 13.3. The number of nitrogens with one attached hydrogen (secondary N) is 1. The summed E-state index contributed by atoms with van der Waals surface area (Å²) in [5.74, 6) is 0.388. The van der Waals surface area contributed by atoms with Crippen LogP contribution in [0.4, 0.5) is 0 Å². The van der Waals surface area contributed by atoms with Crippen LogP contribution in [0.15, 0.2) is 0 Å². The zero-order valence-corrected chi connectivity index (χ0v) is 11.5. The molecular formula is C12H27N3O2. The van der Waals surface area contributed by atoms with Crippen LogP contribution in [-0.2, 0) is 9.53 Å². The molecule has 0 saturated carbocycles. The molecule has 0 bridgehead atoms. The van der Waals surface area contributed by atoms with Crippen LogP contribution in [0.25, 0.3) is 0 Å². The fraction of sp³-hybridized carbons (Fsp3) is 0.917. The predicted molar refractivity (Wildman–Crippen MR) is 69.8 cm³/mol. The molecule has 1 atom stereocenters. The van der Waals surface area contributed by atoms with Crippen molar-refractivity contribution in [2.75, 3.05) is 40.4 Å². The van der Waals surface area contributed by atoms with Gasteiger partial charge >= 0.3 is 0 Å². The number of hydrogen-bond donors (Lipinski definition) is 2. The highest BCUT2D eigenvalue weighted by molar-refractivity contribution is 5.81. The van der Waals surface area contributed by atoms with Crippen molar-refractivity contribution in [1.29, 1.82) is 0 Å². The SMILES string of the molecule is COCCN(C)CCNC(=O)[C@@H](N)CC(C)C. The van der Waals surface area contributed by atoms with Crippen molar-refractivity contribution in [2.24, 2.45) is 11.7 Å². The van der Waals surface area contributed by atoms with Crippen LogP contribution in [0.1, 0.15) is 20.3 Å². The van der Waals surface area contributed by atoms with E-state index in [4.69, 9.17) is 10.5 Å². The van der Waals surface area contributed by atoms with Gasteiger partial charge in [-0.2, -0.15) is 0 Å². The predicted octanol–water partition coefficient (Wildman–Crippen LogP) is 0.0542. The van der Waals surface area contributed by atoms with Crippen LogP contribution < -0.4 is 11.1 Å². The van der Waals surface area contributed by atoms with Crippen molar-refractivity contribution in [3.8, 4) is 0 Å². The Bertz CT molecular complexity index is 210. The van der Waals surface area contributed by atoms with Crippen molar-refractivity contribution in [3.05, 3.63) is 0 Å². The second kappa shape index (κ2) is 9.39. The lowest BCUT2D eigenvalue weighted by atomic mass is 10.0. The third kappa shape index (κ3) is 9.09. The molecule has 0 radical (unpaired) electrons. The second-order valence-electron chi connectivity index (χ2n) is 4.82. The molecule has 0 saturated heterocycles. The normalized spacial score (nSPS) is 13.1. The molecule has 5 heteroatoms. The summed E-state index contributed by atoms with van der Waals surface area (Å²) in [5, 5.41) is 2.85. The van der Waals surface area contributed by atoms with Gasteiger partial charge in [-0.25, -0.2) is 0 Å². The molecule has 0 aliphatic rings. The molecule has 0 aromatic rings. The van der Waals surface area contributed by atoms with Crippen LogP contribution in [0, 0.1) is 5.92 Å². The van der Waals surface area contributed by atoms with Gasteiger partial charge in [0.05, 0.1) is 12.6 Å². The minimum Gasteiger partial charge on any atom is -0.383 e. The summed E-state index contributed by atoms with van der Waals surface area (Å²) in [6, 6.07) is -0.390. The van der Waals surface area contributed by atoms with Gasteiger partial charge in [-0.1, -0.05) is 13.8 Å². The number of hydrogen-bond acceptors (Lipinski definition) is 4. The molecule has 0 aromatic heterocycles. The van der Waals surface area contributed by atoms with Gasteiger partial charge in [0.1, 0.15) is 0 Å². The Morgan fingerprint density at radius 2 is 2.06 bits per heavy atom. The maximum atomic E-state index is 11.6. The van der Waals surface area contributed by atoms with Gasteiger partial charge in [0.2, 0.25) is 5.91 Å². The van der Waals surface area contributed by atoms with E-state index in [0.29, 0.717) is 19.1 Å². The topological polar surface area (TPSA) is 67.6 Å². The van der Waals surface area contributed by atoms with E-state index in [2.05, 4.69) is 24.1 Å². The van der Waals surface area contributed by atoms with Crippen LogP contribution in [0.5, 0.6) is 0 Å². The van der Waals surface area contributed by atoms with Crippen LogP contribution >= 0.6 is 0 Å². The highest BCUT2D eigenvalue weighted by atomic mass is 16.5. The molecule has 5 nitrogen and oxygen atoms in total. The van der Waals surface area contributed by atoms with Gasteiger partial charge in [-0.05, 0) is 19.4 Å². The summed E-state index contributed by atoms with van der Waals surface area (Å²) < 4.78 is 4.97. The molecule has 0 aliphatic carbocycles. The minimum absolute atomic E-state index is 0.0566. The smallest absolute Gasteiger partial charge is 0.236 e. The summed E-state index contributed by atoms with van der Waals surface area (Å²) in [6.07, 6.45) is 0.728. The Balaban J connectivity index is 3.63. The molecule has 0 fully saturated rings. The van der Waals surface area contributed by atoms with Crippen LogP contribution in [0.2, 0.25) is 0 Å². The number of methoxy groups -OCH3 is 1. The summed E-state index contributed by atoms with van der Waals surface area (Å²) >= 11 is 0. The molecule has 1 amide bonds. The van der Waals surface area contributed by atoms with Gasteiger partial charge in [0.25, 0.3) is 0 Å². The lowest BCUT2D eigenvalue weighted by Gasteiger charge is -2.18. The third-order valence-electron chi connectivity index (χ3n) is 2.53. The number of carbonyl (C=O) groups excluding carboxylic acids is 1. The Hall–Kier alpha value is -0.650. The first kappa shape index (κ1) is 16.4. The summed E-state index contributed by atoms with van der Waals surface area (Å²) in [7, 11) is 3.68. The largest absolute Gasteiger partial charge is 0.383 e. The van der Waals surface area contributed by atoms with Gasteiger partial charge in [-0.15, -0.1) is 0 Å². The Morgan fingerprint density at radius 3 is 2.59 bits per heavy atom. The molecule has 0 aromatic carbocycles. The molecule has 0 heterocycles. The third-order valence-corrected chi connectivity index (χ3v) is 2.53. The monoisotopic (exact) mass is 245 g/mol. The van der Waals surface area contributed by atoms with E-state index >= 15 is 0 Å². The lowest BCUT2D eigenvalue weighted by molar-refractivity contribution is -0.122. The Labute approximate surface area is 105 Å². The van der Waals surface area contributed by atoms with Crippen molar-refractivity contribution in [3.63, 3.8) is 0 Å². The maximum absolute atomic E-state index is 11.6. The van der Waals surface area contributed by atoms with E-state index in [1.165, 1.54) is 0 Å². The van der Waals surface area contributed by atoms with Crippen LogP contribution in [-0.4, -0.2) is 57.2 Å². The maximum Gasteiger partial charge on any atom is 0.236 e. The molecule has 0 aliphatic heterocycles. The fourth-order valence-electron chi connectivity index (χ4n) is 1.47. The molecule has 0 rings (SSSR count). The average Bonchev–Trinajstić information content (AvgIpc) is 2.25. The molecule has 0 unspecified atom stereocenters. The van der Waals surface area contributed by atoms with Gasteiger partial charge in [0, 0.05) is 26.7 Å². The van der Waals surface area contributed by atoms with E-state index in [1.54, 1.807) is 7.11 Å².